The first kappa shape index (κ1) is 40.4. The molecule has 0 aliphatic carbocycles. The van der Waals surface area contributed by atoms with Gasteiger partial charge in [0.25, 0.3) is 0 Å². The molecule has 0 N–H and O–H groups in total. The summed E-state index contributed by atoms with van der Waals surface area (Å²) in [6.07, 6.45) is 0. The van der Waals surface area contributed by atoms with E-state index < -0.39 is 15.8 Å². The molecule has 0 heterocycles. The van der Waals surface area contributed by atoms with E-state index in [4.69, 9.17) is 0 Å². The number of halogens is 2. The van der Waals surface area contributed by atoms with E-state index in [-0.39, 0.29) is 41.6 Å². The Kier molecular flexibility index (Phi) is 16.6. The Morgan fingerprint density at radius 3 is 0.553 bits per heavy atom. The van der Waals surface area contributed by atoms with Gasteiger partial charge in [-0.1, -0.05) is 179 Å². The molecule has 0 saturated heterocycles. The van der Waals surface area contributed by atoms with E-state index in [9.17, 15) is 0 Å². The van der Waals surface area contributed by atoms with Gasteiger partial charge in [0.15, 0.2) is 0 Å². The van der Waals surface area contributed by atoms with Gasteiger partial charge in [0, 0.05) is 0 Å². The summed E-state index contributed by atoms with van der Waals surface area (Å²) in [5, 5.41) is 8.53. The summed E-state index contributed by atoms with van der Waals surface area (Å²) in [5.41, 5.74) is 7.95. The van der Waals surface area contributed by atoms with Gasteiger partial charge in [0.2, 0.25) is 0 Å². The molecule has 0 saturated carbocycles. The van der Waals surface area contributed by atoms with Gasteiger partial charge in [-0.2, -0.15) is 0 Å². The Balaban J connectivity index is 0.000000307. The molecule has 243 valence electrons. The Morgan fingerprint density at radius 2 is 0.426 bits per heavy atom. The maximum absolute atomic E-state index is 2.33. The van der Waals surface area contributed by atoms with Crippen molar-refractivity contribution in [1.82, 2.24) is 0 Å². The molecule has 6 aromatic rings. The minimum atomic E-state index is -0.495. The van der Waals surface area contributed by atoms with Gasteiger partial charge >= 0.3 is 16.8 Å². The molecule has 1 radical (unpaired) electrons. The van der Waals surface area contributed by atoms with Crippen molar-refractivity contribution in [3.8, 4) is 0 Å². The third kappa shape index (κ3) is 11.2. The number of hydrogen-bond acceptors (Lipinski definition) is 0. The number of rotatable bonds is 6. The molecule has 6 rings (SSSR count). The summed E-state index contributed by atoms with van der Waals surface area (Å²) in [4.78, 5) is 0. The maximum atomic E-state index is 2.33. The van der Waals surface area contributed by atoms with Crippen molar-refractivity contribution < 1.29 is 41.6 Å². The van der Waals surface area contributed by atoms with Crippen molar-refractivity contribution in [1.29, 1.82) is 0 Å². The van der Waals surface area contributed by atoms with Crippen LogP contribution in [-0.4, -0.2) is 0 Å². The van der Waals surface area contributed by atoms with Gasteiger partial charge in [-0.25, -0.2) is 0 Å². The van der Waals surface area contributed by atoms with Crippen molar-refractivity contribution in [3.05, 3.63) is 179 Å². The minimum absolute atomic E-state index is 0. The van der Waals surface area contributed by atoms with Crippen molar-refractivity contribution in [2.75, 3.05) is 0 Å². The second-order valence-electron chi connectivity index (χ2n) is 11.7. The smallest absolute Gasteiger partial charge is 1.00 e. The Morgan fingerprint density at radius 1 is 0.277 bits per heavy atom. The monoisotopic (exact) mass is 737 g/mol. The molecule has 0 bridgehead atoms. The van der Waals surface area contributed by atoms with Crippen LogP contribution in [0.5, 0.6) is 0 Å². The first-order valence-electron chi connectivity index (χ1n) is 15.3. The zero-order valence-corrected chi connectivity index (χ0v) is 32.2. The van der Waals surface area contributed by atoms with Crippen LogP contribution in [0, 0.1) is 41.5 Å². The molecule has 6 aromatic carbocycles. The van der Waals surface area contributed by atoms with Crippen LogP contribution in [0.15, 0.2) is 146 Å². The molecule has 5 heteroatoms. The third-order valence-corrected chi connectivity index (χ3v) is 12.3. The second-order valence-corrected chi connectivity index (χ2v) is 16.1. The summed E-state index contributed by atoms with van der Waals surface area (Å²) in [6.45, 7) is 13.0. The fourth-order valence-electron chi connectivity index (χ4n) is 5.50. The van der Waals surface area contributed by atoms with E-state index in [2.05, 4.69) is 187 Å². The summed E-state index contributed by atoms with van der Waals surface area (Å²) in [5.74, 6) is 0. The zero-order chi connectivity index (χ0) is 31.1. The van der Waals surface area contributed by atoms with E-state index in [1.807, 2.05) is 0 Å². The largest absolute Gasteiger partial charge is 2.00 e. The van der Waals surface area contributed by atoms with Crippen LogP contribution in [0.2, 0.25) is 0 Å². The molecule has 0 fully saturated rings. The molecule has 0 unspecified atom stereocenters. The van der Waals surface area contributed by atoms with Crippen molar-refractivity contribution in [2.45, 2.75) is 41.5 Å². The third-order valence-electron chi connectivity index (χ3n) is 7.56. The Labute approximate surface area is 308 Å². The molecular weight excluding hydrogens is 696 g/mol. The molecule has 0 spiro atoms. The van der Waals surface area contributed by atoms with E-state index in [1.54, 1.807) is 0 Å². The van der Waals surface area contributed by atoms with Crippen LogP contribution in [-0.2, 0) is 16.8 Å². The van der Waals surface area contributed by atoms with Gasteiger partial charge in [-0.05, 0) is 89.2 Å². The van der Waals surface area contributed by atoms with Crippen LogP contribution in [0.25, 0.3) is 0 Å². The number of hydrogen-bond donors (Lipinski definition) is 0. The molecule has 0 atom stereocenters. The summed E-state index contributed by atoms with van der Waals surface area (Å²) in [7, 11) is -0.989. The minimum Gasteiger partial charge on any atom is -1.00 e. The van der Waals surface area contributed by atoms with Crippen molar-refractivity contribution >= 4 is 47.7 Å². The van der Waals surface area contributed by atoms with Gasteiger partial charge in [0.1, 0.15) is 0 Å². The fourth-order valence-corrected chi connectivity index (χ4v) is 10.7. The fraction of sp³-hybridized carbons (Fsp3) is 0.143. The van der Waals surface area contributed by atoms with Gasteiger partial charge in [-0.15, -0.1) is 0 Å². The Bertz CT molecular complexity index is 1520. The number of aryl methyl sites for hydroxylation is 6. The van der Waals surface area contributed by atoms with Gasteiger partial charge in [-0.3, -0.25) is 0 Å². The van der Waals surface area contributed by atoms with Crippen LogP contribution < -0.4 is 56.6 Å². The summed E-state index contributed by atoms with van der Waals surface area (Å²) >= 11 is 0. The van der Waals surface area contributed by atoms with Crippen LogP contribution in [0.3, 0.4) is 0 Å². The van der Waals surface area contributed by atoms with E-state index in [1.165, 1.54) is 65.2 Å². The molecule has 0 aliphatic heterocycles. The zero-order valence-electron chi connectivity index (χ0n) is 27.8. The second kappa shape index (κ2) is 19.3. The molecule has 47 heavy (non-hydrogen) atoms. The predicted molar refractivity (Wildman–Crippen MR) is 199 cm³/mol. The van der Waals surface area contributed by atoms with Gasteiger partial charge in [0.05, 0.1) is 0 Å². The van der Waals surface area contributed by atoms with Crippen LogP contribution in [0.4, 0.5) is 0 Å². The first-order valence-corrected chi connectivity index (χ1v) is 18.0. The summed E-state index contributed by atoms with van der Waals surface area (Å²) < 4.78 is 0. The standard InChI is InChI=1S/2C21H21P.2ClH.Co/c2*1-16-7-4-10-19(13-16)22(20-11-5-8-17(2)14-20)21-12-6-9-18(3)15-21;;;/h2*4-15H,1-3H3;2*1H;/q;;;;+2/p-2. The van der Waals surface area contributed by atoms with E-state index in [0.29, 0.717) is 0 Å². The first-order chi connectivity index (χ1) is 21.3. The average molecular weight is 739 g/mol. The predicted octanol–water partition coefficient (Wildman–Crippen LogP) is 2.75. The van der Waals surface area contributed by atoms with Crippen molar-refractivity contribution in [3.63, 3.8) is 0 Å². The van der Waals surface area contributed by atoms with E-state index in [0.717, 1.165) is 0 Å². The van der Waals surface area contributed by atoms with Gasteiger partial charge < -0.3 is 24.8 Å². The normalized spacial score (nSPS) is 10.2. The quantitative estimate of drug-likeness (QED) is 0.231. The van der Waals surface area contributed by atoms with Crippen LogP contribution >= 0.6 is 15.8 Å². The molecule has 0 amide bonds. The maximum Gasteiger partial charge on any atom is 2.00 e. The Hall–Kier alpha value is -2.73. The topological polar surface area (TPSA) is 0 Å². The average Bonchev–Trinajstić information content (AvgIpc) is 2.98. The molecule has 0 aromatic heterocycles. The van der Waals surface area contributed by atoms with Crippen molar-refractivity contribution in [2.24, 2.45) is 0 Å². The number of benzene rings is 6. The summed E-state index contributed by atoms with van der Waals surface area (Å²) in [6, 6.07) is 53.6. The van der Waals surface area contributed by atoms with E-state index >= 15 is 0 Å². The molecule has 0 nitrogen and oxygen atoms in total. The molecular formula is C42H42Cl2CoP2. The molecule has 0 aliphatic rings. The SMILES string of the molecule is Cc1cccc(P(c2cccc(C)c2)c2cccc(C)c2)c1.Cc1cccc(P(c2cccc(C)c2)c2cccc(C)c2)c1.[Cl-].[Cl-].[Co+2]. The van der Waals surface area contributed by atoms with Crippen LogP contribution in [0.1, 0.15) is 33.4 Å².